The summed E-state index contributed by atoms with van der Waals surface area (Å²) in [6, 6.07) is 4.51. The summed E-state index contributed by atoms with van der Waals surface area (Å²) in [7, 11) is -0.966. The number of benzene rings is 1. The number of hydrogen-bond acceptors (Lipinski definition) is 2. The average Bonchev–Trinajstić information content (AvgIpc) is 2.21. The van der Waals surface area contributed by atoms with Crippen LogP contribution >= 0.6 is 15.9 Å². The number of nitrogens with one attached hydrogen (secondary N) is 1. The van der Waals surface area contributed by atoms with Crippen LogP contribution in [-0.2, 0) is 10.8 Å². The zero-order chi connectivity index (χ0) is 12.1. The van der Waals surface area contributed by atoms with Gasteiger partial charge in [0, 0.05) is 29.4 Å². The lowest BCUT2D eigenvalue weighted by Gasteiger charge is -2.05. The highest BCUT2D eigenvalue weighted by Gasteiger charge is 2.12. The molecule has 1 aromatic rings. The lowest BCUT2D eigenvalue weighted by Crippen LogP contribution is -2.28. The Labute approximate surface area is 104 Å². The largest absolute Gasteiger partial charge is 0.351 e. The first-order chi connectivity index (χ1) is 7.52. The van der Waals surface area contributed by atoms with Gasteiger partial charge in [-0.2, -0.15) is 0 Å². The zero-order valence-electron chi connectivity index (χ0n) is 8.63. The Hall–Kier alpha value is -0.750. The van der Waals surface area contributed by atoms with Crippen LogP contribution in [0, 0.1) is 5.82 Å². The Morgan fingerprint density at radius 3 is 2.88 bits per heavy atom. The molecule has 16 heavy (non-hydrogen) atoms. The zero-order valence-corrected chi connectivity index (χ0v) is 11.0. The first-order valence-corrected chi connectivity index (χ1v) is 7.06. The molecule has 1 N–H and O–H groups in total. The van der Waals surface area contributed by atoms with Crippen LogP contribution in [-0.4, -0.2) is 28.7 Å². The molecule has 0 aliphatic rings. The molecule has 88 valence electrons. The second kappa shape index (κ2) is 6.10. The topological polar surface area (TPSA) is 46.2 Å². The normalized spacial score (nSPS) is 12.2. The fourth-order valence-corrected chi connectivity index (χ4v) is 1.84. The van der Waals surface area contributed by atoms with Crippen LogP contribution in [0.1, 0.15) is 10.4 Å². The van der Waals surface area contributed by atoms with Gasteiger partial charge in [-0.15, -0.1) is 0 Å². The number of carbonyl (C=O) groups excluding carboxylic acids is 1. The molecule has 1 unspecified atom stereocenters. The summed E-state index contributed by atoms with van der Waals surface area (Å²) in [4.78, 5) is 11.5. The van der Waals surface area contributed by atoms with E-state index in [4.69, 9.17) is 0 Å². The molecule has 0 bridgehead atoms. The third-order valence-electron chi connectivity index (χ3n) is 1.87. The summed E-state index contributed by atoms with van der Waals surface area (Å²) in [6.45, 7) is 0.272. The average molecular weight is 308 g/mol. The van der Waals surface area contributed by atoms with Crippen molar-refractivity contribution in [3.05, 3.63) is 34.1 Å². The first kappa shape index (κ1) is 13.3. The summed E-state index contributed by atoms with van der Waals surface area (Å²) in [5.74, 6) is -0.719. The van der Waals surface area contributed by atoms with E-state index in [1.54, 1.807) is 12.3 Å². The molecule has 0 aliphatic heterocycles. The van der Waals surface area contributed by atoms with Crippen molar-refractivity contribution in [2.45, 2.75) is 0 Å². The van der Waals surface area contributed by atoms with Gasteiger partial charge in [0.1, 0.15) is 5.82 Å². The summed E-state index contributed by atoms with van der Waals surface area (Å²) < 4.78 is 24.5. The van der Waals surface area contributed by atoms with Gasteiger partial charge in [-0.05, 0) is 28.1 Å². The van der Waals surface area contributed by atoms with Crippen molar-refractivity contribution in [1.82, 2.24) is 5.32 Å². The van der Waals surface area contributed by atoms with Crippen molar-refractivity contribution in [1.29, 1.82) is 0 Å². The van der Waals surface area contributed by atoms with E-state index < -0.39 is 22.5 Å². The van der Waals surface area contributed by atoms with Crippen molar-refractivity contribution in [3.63, 3.8) is 0 Å². The van der Waals surface area contributed by atoms with E-state index in [9.17, 15) is 13.4 Å². The minimum atomic E-state index is -0.966. The van der Waals surface area contributed by atoms with Gasteiger partial charge in [0.05, 0.1) is 10.0 Å². The van der Waals surface area contributed by atoms with Crippen LogP contribution in [0.15, 0.2) is 22.7 Å². The molecule has 1 atom stereocenters. The van der Waals surface area contributed by atoms with Crippen molar-refractivity contribution in [3.8, 4) is 0 Å². The Morgan fingerprint density at radius 2 is 2.25 bits per heavy atom. The fraction of sp³-hybridized carbons (Fsp3) is 0.300. The maximum absolute atomic E-state index is 13.5. The van der Waals surface area contributed by atoms with E-state index in [0.29, 0.717) is 5.75 Å². The highest BCUT2D eigenvalue weighted by molar-refractivity contribution is 9.10. The lowest BCUT2D eigenvalue weighted by atomic mass is 10.2. The van der Waals surface area contributed by atoms with Crippen molar-refractivity contribution in [2.75, 3.05) is 18.6 Å². The summed E-state index contributed by atoms with van der Waals surface area (Å²) in [5, 5.41) is 2.51. The number of hydrogen-bond donors (Lipinski definition) is 1. The van der Waals surface area contributed by atoms with Gasteiger partial charge in [0.15, 0.2) is 0 Å². The molecule has 0 radical (unpaired) electrons. The van der Waals surface area contributed by atoms with E-state index in [1.165, 1.54) is 12.1 Å². The second-order valence-corrected chi connectivity index (χ2v) is 5.54. The predicted molar refractivity (Wildman–Crippen MR) is 65.4 cm³/mol. The molecular weight excluding hydrogens is 297 g/mol. The van der Waals surface area contributed by atoms with Crippen LogP contribution in [0.3, 0.4) is 0 Å². The monoisotopic (exact) mass is 307 g/mol. The van der Waals surface area contributed by atoms with Gasteiger partial charge in [-0.1, -0.05) is 6.07 Å². The molecule has 0 saturated heterocycles. The van der Waals surface area contributed by atoms with E-state index in [-0.39, 0.29) is 16.6 Å². The third-order valence-corrected chi connectivity index (χ3v) is 3.26. The fourth-order valence-electron chi connectivity index (χ4n) is 1.08. The lowest BCUT2D eigenvalue weighted by molar-refractivity contribution is 0.0952. The molecule has 1 amide bonds. The molecule has 0 aromatic heterocycles. The molecule has 3 nitrogen and oxygen atoms in total. The van der Waals surface area contributed by atoms with E-state index in [2.05, 4.69) is 21.2 Å². The smallest absolute Gasteiger partial charge is 0.254 e. The number of halogens is 2. The molecule has 0 heterocycles. The summed E-state index contributed by atoms with van der Waals surface area (Å²) >= 11 is 3.00. The summed E-state index contributed by atoms with van der Waals surface area (Å²) in [6.07, 6.45) is 1.55. The molecular formula is C10H11BrFNO2S. The van der Waals surface area contributed by atoms with Gasteiger partial charge in [-0.25, -0.2) is 4.39 Å². The molecule has 0 saturated carbocycles. The van der Waals surface area contributed by atoms with Gasteiger partial charge in [0.2, 0.25) is 0 Å². The predicted octanol–water partition coefficient (Wildman–Crippen LogP) is 1.70. The highest BCUT2D eigenvalue weighted by Crippen LogP contribution is 2.18. The maximum Gasteiger partial charge on any atom is 0.254 e. The summed E-state index contributed by atoms with van der Waals surface area (Å²) in [5.41, 5.74) is -0.0174. The van der Waals surface area contributed by atoms with Crippen molar-refractivity contribution < 1.29 is 13.4 Å². The van der Waals surface area contributed by atoms with Gasteiger partial charge < -0.3 is 5.32 Å². The Morgan fingerprint density at radius 1 is 1.56 bits per heavy atom. The molecule has 1 aromatic carbocycles. The maximum atomic E-state index is 13.5. The molecule has 0 fully saturated rings. The Bertz CT molecular complexity index is 425. The van der Waals surface area contributed by atoms with Crippen LogP contribution in [0.4, 0.5) is 4.39 Å². The number of carbonyl (C=O) groups is 1. The SMILES string of the molecule is CS(=O)CCNC(=O)c1cccc(Br)c1F. The minimum absolute atomic E-state index is 0.0174. The molecule has 0 spiro atoms. The third kappa shape index (κ3) is 3.68. The molecule has 1 rings (SSSR count). The minimum Gasteiger partial charge on any atom is -0.351 e. The standard InChI is InChI=1S/C10H11BrFNO2S/c1-16(15)6-5-13-10(14)7-3-2-4-8(11)9(7)12/h2-4H,5-6H2,1H3,(H,13,14). The van der Waals surface area contributed by atoms with E-state index in [1.807, 2.05) is 0 Å². The first-order valence-electron chi connectivity index (χ1n) is 4.54. The van der Waals surface area contributed by atoms with Crippen molar-refractivity contribution >= 4 is 32.6 Å². The second-order valence-electron chi connectivity index (χ2n) is 3.13. The van der Waals surface area contributed by atoms with Crippen molar-refractivity contribution in [2.24, 2.45) is 0 Å². The molecule has 6 heteroatoms. The van der Waals surface area contributed by atoms with E-state index in [0.717, 1.165) is 0 Å². The quantitative estimate of drug-likeness (QED) is 0.920. The Kier molecular flexibility index (Phi) is 5.08. The van der Waals surface area contributed by atoms with Gasteiger partial charge in [0.25, 0.3) is 5.91 Å². The highest BCUT2D eigenvalue weighted by atomic mass is 79.9. The van der Waals surface area contributed by atoms with Crippen LogP contribution in [0.5, 0.6) is 0 Å². The molecule has 0 aliphatic carbocycles. The van der Waals surface area contributed by atoms with E-state index >= 15 is 0 Å². The van der Waals surface area contributed by atoms with Crippen LogP contribution < -0.4 is 5.32 Å². The van der Waals surface area contributed by atoms with Gasteiger partial charge in [-0.3, -0.25) is 9.00 Å². The van der Waals surface area contributed by atoms with Gasteiger partial charge >= 0.3 is 0 Å². The Balaban J connectivity index is 2.66. The van der Waals surface area contributed by atoms with Crippen LogP contribution in [0.25, 0.3) is 0 Å². The van der Waals surface area contributed by atoms with Crippen LogP contribution in [0.2, 0.25) is 0 Å². The number of rotatable bonds is 4. The number of amides is 1.